The number of ketones is 1. The van der Waals surface area contributed by atoms with Crippen molar-refractivity contribution in [3.8, 4) is 0 Å². The van der Waals surface area contributed by atoms with E-state index in [2.05, 4.69) is 0 Å². The molecule has 100 valence electrons. The zero-order chi connectivity index (χ0) is 13.3. The molecule has 1 aliphatic heterocycles. The Morgan fingerprint density at radius 1 is 1.18 bits per heavy atom. The predicted octanol–water partition coefficient (Wildman–Crippen LogP) is 2.88. The number of carbonyl (C=O) groups excluding carboxylic acids is 1. The first-order valence-corrected chi connectivity index (χ1v) is 5.93. The Balaban J connectivity index is 2.41. The van der Waals surface area contributed by atoms with Gasteiger partial charge >= 0.3 is 6.18 Å². The van der Waals surface area contributed by atoms with Crippen LogP contribution in [0.4, 0.5) is 13.2 Å². The third-order valence-electron chi connectivity index (χ3n) is 3.25. The molecule has 0 N–H and O–H groups in total. The van der Waals surface area contributed by atoms with Crippen molar-refractivity contribution in [2.75, 3.05) is 19.6 Å². The van der Waals surface area contributed by atoms with Gasteiger partial charge in [0, 0.05) is 5.41 Å². The van der Waals surface area contributed by atoms with E-state index in [1.165, 1.54) is 0 Å². The predicted molar refractivity (Wildman–Crippen MR) is 59.7 cm³/mol. The fraction of sp³-hybridized carbons (Fsp3) is 0.917. The number of halogens is 3. The third-order valence-corrected chi connectivity index (χ3v) is 3.25. The molecular formula is C12H20F3NO. The summed E-state index contributed by atoms with van der Waals surface area (Å²) in [5.41, 5.74) is -0.416. The van der Waals surface area contributed by atoms with Crippen molar-refractivity contribution in [2.45, 2.75) is 39.8 Å². The van der Waals surface area contributed by atoms with Crippen LogP contribution in [0.3, 0.4) is 0 Å². The molecule has 1 rings (SSSR count). The molecule has 5 heteroatoms. The fourth-order valence-corrected chi connectivity index (χ4v) is 1.86. The lowest BCUT2D eigenvalue weighted by Crippen LogP contribution is -2.43. The van der Waals surface area contributed by atoms with E-state index in [-0.39, 0.29) is 25.2 Å². The van der Waals surface area contributed by atoms with Gasteiger partial charge in [-0.25, -0.2) is 0 Å². The van der Waals surface area contributed by atoms with Gasteiger partial charge in [0.1, 0.15) is 0 Å². The van der Waals surface area contributed by atoms with E-state index in [0.717, 1.165) is 0 Å². The molecule has 0 radical (unpaired) electrons. The van der Waals surface area contributed by atoms with E-state index in [4.69, 9.17) is 0 Å². The van der Waals surface area contributed by atoms with E-state index in [9.17, 15) is 18.0 Å². The van der Waals surface area contributed by atoms with Crippen LogP contribution >= 0.6 is 0 Å². The largest absolute Gasteiger partial charge is 0.391 e. The number of piperidine rings is 1. The second-order valence-electron chi connectivity index (χ2n) is 5.77. The standard InChI is InChI=1S/C12H20F3NO/c1-11(2,3)10(17)8-16-6-4-9(5-7-16)12(13,14)15/h9H,4-8H2,1-3H3. The Morgan fingerprint density at radius 2 is 1.65 bits per heavy atom. The second-order valence-corrected chi connectivity index (χ2v) is 5.77. The van der Waals surface area contributed by atoms with E-state index in [1.807, 2.05) is 25.7 Å². The zero-order valence-electron chi connectivity index (χ0n) is 10.6. The van der Waals surface area contributed by atoms with Gasteiger partial charge in [0.15, 0.2) is 5.78 Å². The van der Waals surface area contributed by atoms with E-state index < -0.39 is 17.5 Å². The quantitative estimate of drug-likeness (QED) is 0.752. The van der Waals surface area contributed by atoms with Crippen molar-refractivity contribution < 1.29 is 18.0 Å². The van der Waals surface area contributed by atoms with Crippen LogP contribution in [-0.2, 0) is 4.79 Å². The maximum Gasteiger partial charge on any atom is 0.391 e. The van der Waals surface area contributed by atoms with Crippen LogP contribution in [0.25, 0.3) is 0 Å². The first kappa shape index (κ1) is 14.5. The number of rotatable bonds is 2. The molecule has 0 aromatic carbocycles. The van der Waals surface area contributed by atoms with E-state index in [1.54, 1.807) is 0 Å². The van der Waals surface area contributed by atoms with Gasteiger partial charge in [-0.05, 0) is 25.9 Å². The number of nitrogens with zero attached hydrogens (tertiary/aromatic N) is 1. The molecule has 0 aliphatic carbocycles. The normalized spacial score (nSPS) is 20.6. The van der Waals surface area contributed by atoms with Gasteiger partial charge in [0.2, 0.25) is 0 Å². The minimum absolute atomic E-state index is 0.0861. The van der Waals surface area contributed by atoms with Crippen molar-refractivity contribution in [3.05, 3.63) is 0 Å². The van der Waals surface area contributed by atoms with Crippen LogP contribution < -0.4 is 0 Å². The van der Waals surface area contributed by atoms with Gasteiger partial charge < -0.3 is 0 Å². The number of alkyl halides is 3. The summed E-state index contributed by atoms with van der Waals surface area (Å²) >= 11 is 0. The smallest absolute Gasteiger partial charge is 0.298 e. The maximum atomic E-state index is 12.4. The molecule has 17 heavy (non-hydrogen) atoms. The van der Waals surface area contributed by atoms with Crippen LogP contribution in [-0.4, -0.2) is 36.5 Å². The summed E-state index contributed by atoms with van der Waals surface area (Å²) in [5, 5.41) is 0. The SMILES string of the molecule is CC(C)(C)C(=O)CN1CCC(C(F)(F)F)CC1. The number of likely N-dealkylation sites (tertiary alicyclic amines) is 1. The number of hydrogen-bond donors (Lipinski definition) is 0. The van der Waals surface area contributed by atoms with Crippen LogP contribution in [0.1, 0.15) is 33.6 Å². The highest BCUT2D eigenvalue weighted by atomic mass is 19.4. The molecule has 0 bridgehead atoms. The van der Waals surface area contributed by atoms with Crippen molar-refractivity contribution in [1.82, 2.24) is 4.90 Å². The Hall–Kier alpha value is -0.580. The molecule has 1 saturated heterocycles. The van der Waals surface area contributed by atoms with Crippen molar-refractivity contribution in [1.29, 1.82) is 0 Å². The molecule has 0 aromatic heterocycles. The fourth-order valence-electron chi connectivity index (χ4n) is 1.86. The minimum Gasteiger partial charge on any atom is -0.298 e. The molecule has 0 atom stereocenters. The van der Waals surface area contributed by atoms with Gasteiger partial charge in [-0.2, -0.15) is 13.2 Å². The van der Waals surface area contributed by atoms with E-state index >= 15 is 0 Å². The molecule has 1 heterocycles. The average Bonchev–Trinajstić information content (AvgIpc) is 2.15. The number of carbonyl (C=O) groups is 1. The molecule has 1 fully saturated rings. The molecule has 0 saturated carbocycles. The maximum absolute atomic E-state index is 12.4. The second kappa shape index (κ2) is 4.96. The highest BCUT2D eigenvalue weighted by Gasteiger charge is 2.41. The summed E-state index contributed by atoms with van der Waals surface area (Å²) in [6, 6.07) is 0. The number of hydrogen-bond acceptors (Lipinski definition) is 2. The molecule has 1 aliphatic rings. The van der Waals surface area contributed by atoms with Gasteiger partial charge in [0.25, 0.3) is 0 Å². The third kappa shape index (κ3) is 4.30. The monoisotopic (exact) mass is 251 g/mol. The molecule has 0 spiro atoms. The molecule has 0 amide bonds. The highest BCUT2D eigenvalue weighted by molar-refractivity contribution is 5.85. The Labute approximate surface area is 100 Å². The van der Waals surface area contributed by atoms with Gasteiger partial charge in [0.05, 0.1) is 12.5 Å². The van der Waals surface area contributed by atoms with Crippen LogP contribution in [0.2, 0.25) is 0 Å². The molecule has 2 nitrogen and oxygen atoms in total. The summed E-state index contributed by atoms with van der Waals surface area (Å²) in [5.74, 6) is -1.11. The van der Waals surface area contributed by atoms with Gasteiger partial charge in [-0.15, -0.1) is 0 Å². The topological polar surface area (TPSA) is 20.3 Å². The van der Waals surface area contributed by atoms with Crippen LogP contribution in [0.15, 0.2) is 0 Å². The van der Waals surface area contributed by atoms with Crippen molar-refractivity contribution in [3.63, 3.8) is 0 Å². The van der Waals surface area contributed by atoms with Crippen molar-refractivity contribution in [2.24, 2.45) is 11.3 Å². The van der Waals surface area contributed by atoms with Crippen LogP contribution in [0.5, 0.6) is 0 Å². The van der Waals surface area contributed by atoms with Gasteiger partial charge in [-0.3, -0.25) is 9.69 Å². The Kier molecular flexibility index (Phi) is 4.23. The lowest BCUT2D eigenvalue weighted by Gasteiger charge is -2.33. The Bertz CT molecular complexity index is 272. The first-order chi connectivity index (χ1) is 7.60. The summed E-state index contributed by atoms with van der Waals surface area (Å²) in [4.78, 5) is 13.6. The lowest BCUT2D eigenvalue weighted by atomic mass is 9.89. The molecule has 0 aromatic rings. The summed E-state index contributed by atoms with van der Waals surface area (Å²) in [7, 11) is 0. The zero-order valence-corrected chi connectivity index (χ0v) is 10.6. The van der Waals surface area contributed by atoms with E-state index in [0.29, 0.717) is 13.1 Å². The van der Waals surface area contributed by atoms with Gasteiger partial charge in [-0.1, -0.05) is 20.8 Å². The lowest BCUT2D eigenvalue weighted by molar-refractivity contribution is -0.185. The Morgan fingerprint density at radius 3 is 2.00 bits per heavy atom. The van der Waals surface area contributed by atoms with Crippen molar-refractivity contribution >= 4 is 5.78 Å². The van der Waals surface area contributed by atoms with Crippen LogP contribution in [0, 0.1) is 11.3 Å². The minimum atomic E-state index is -4.08. The highest BCUT2D eigenvalue weighted by Crippen LogP contribution is 2.34. The summed E-state index contributed by atoms with van der Waals surface area (Å²) in [6.45, 7) is 6.50. The molecule has 0 unspecified atom stereocenters. The molecular weight excluding hydrogens is 231 g/mol. The first-order valence-electron chi connectivity index (χ1n) is 5.93. The average molecular weight is 251 g/mol. The summed E-state index contributed by atoms with van der Waals surface area (Å²) in [6.07, 6.45) is -3.86. The summed E-state index contributed by atoms with van der Waals surface area (Å²) < 4.78 is 37.3. The number of Topliss-reactive ketones (excluding diaryl/α,β-unsaturated/α-hetero) is 1.